The van der Waals surface area contributed by atoms with E-state index in [1.165, 1.54) is 7.11 Å². The third kappa shape index (κ3) is 3.59. The molecule has 6 heteroatoms. The molecule has 0 bridgehead atoms. The quantitative estimate of drug-likeness (QED) is 0.792. The van der Waals surface area contributed by atoms with E-state index in [1.54, 1.807) is 13.1 Å². The van der Waals surface area contributed by atoms with Crippen molar-refractivity contribution in [2.24, 2.45) is 0 Å². The maximum Gasteiger partial charge on any atom is 0.339 e. The van der Waals surface area contributed by atoms with Gasteiger partial charge in [0.05, 0.1) is 23.9 Å². The molecule has 0 unspecified atom stereocenters. The van der Waals surface area contributed by atoms with E-state index in [0.717, 1.165) is 23.4 Å². The maximum atomic E-state index is 12.8. The van der Waals surface area contributed by atoms with E-state index in [9.17, 15) is 9.59 Å². The Morgan fingerprint density at radius 1 is 1.23 bits per heavy atom. The van der Waals surface area contributed by atoms with Crippen molar-refractivity contribution in [3.05, 3.63) is 58.2 Å². The number of ether oxygens (including phenoxy) is 1. The predicted molar refractivity (Wildman–Crippen MR) is 97.2 cm³/mol. The van der Waals surface area contributed by atoms with Gasteiger partial charge in [-0.1, -0.05) is 6.92 Å². The predicted octanol–water partition coefficient (Wildman–Crippen LogP) is 2.38. The molecule has 0 N–H and O–H groups in total. The number of esters is 1. The van der Waals surface area contributed by atoms with Crippen LogP contribution in [0.1, 0.15) is 50.3 Å². The summed E-state index contributed by atoms with van der Waals surface area (Å²) in [5.41, 5.74) is 4.68. The topological polar surface area (TPSA) is 72.4 Å². The average Bonchev–Trinajstić information content (AvgIpc) is 2.88. The molecule has 3 rings (SSSR count). The molecule has 0 aliphatic carbocycles. The molecule has 6 nitrogen and oxygen atoms in total. The van der Waals surface area contributed by atoms with Gasteiger partial charge in [-0.15, -0.1) is 0 Å². The van der Waals surface area contributed by atoms with E-state index < -0.39 is 0 Å². The highest BCUT2D eigenvalue weighted by Crippen LogP contribution is 2.20. The second kappa shape index (κ2) is 7.64. The number of hydrogen-bond acceptors (Lipinski definition) is 5. The van der Waals surface area contributed by atoms with Gasteiger partial charge in [-0.05, 0) is 43.5 Å². The Bertz CT molecular complexity index is 831. The van der Waals surface area contributed by atoms with Crippen LogP contribution in [-0.2, 0) is 24.0 Å². The molecule has 26 heavy (non-hydrogen) atoms. The zero-order valence-electron chi connectivity index (χ0n) is 15.4. The molecule has 0 saturated heterocycles. The Labute approximate surface area is 153 Å². The van der Waals surface area contributed by atoms with Crippen molar-refractivity contribution in [1.82, 2.24) is 14.9 Å². The third-order valence-corrected chi connectivity index (χ3v) is 4.78. The molecule has 2 aromatic rings. The Morgan fingerprint density at radius 2 is 2.00 bits per heavy atom. The molecule has 0 saturated carbocycles. The lowest BCUT2D eigenvalue weighted by Gasteiger charge is -2.20. The molecule has 2 aromatic heterocycles. The SMILES string of the molecule is CCc1ccc(C(=O)N2CCc3cc(C(=O)OC)c(C)nc3CC2)cn1. The average molecular weight is 353 g/mol. The van der Waals surface area contributed by atoms with Gasteiger partial charge in [-0.25, -0.2) is 4.79 Å². The number of methoxy groups -OCH3 is 1. The van der Waals surface area contributed by atoms with E-state index >= 15 is 0 Å². The van der Waals surface area contributed by atoms with Gasteiger partial charge in [0.2, 0.25) is 0 Å². The van der Waals surface area contributed by atoms with Gasteiger partial charge in [0.1, 0.15) is 0 Å². The van der Waals surface area contributed by atoms with Gasteiger partial charge in [-0.3, -0.25) is 14.8 Å². The summed E-state index contributed by atoms with van der Waals surface area (Å²) in [5.74, 6) is -0.394. The third-order valence-electron chi connectivity index (χ3n) is 4.78. The fraction of sp³-hybridized carbons (Fsp3) is 0.400. The zero-order chi connectivity index (χ0) is 18.7. The van der Waals surface area contributed by atoms with Crippen LogP contribution >= 0.6 is 0 Å². The number of fused-ring (bicyclic) bond motifs is 1. The standard InChI is InChI=1S/C20H23N3O3/c1-4-16-6-5-15(12-21-16)19(24)23-9-7-14-11-17(20(25)26-3)13(2)22-18(14)8-10-23/h5-6,11-12H,4,7-10H2,1-3H3. The zero-order valence-corrected chi connectivity index (χ0v) is 15.4. The van der Waals surface area contributed by atoms with Crippen LogP contribution in [-0.4, -0.2) is 46.9 Å². The van der Waals surface area contributed by atoms with Crippen molar-refractivity contribution < 1.29 is 14.3 Å². The molecule has 1 aliphatic heterocycles. The largest absolute Gasteiger partial charge is 0.465 e. The minimum Gasteiger partial charge on any atom is -0.465 e. The molecule has 136 valence electrons. The molecular formula is C20H23N3O3. The van der Waals surface area contributed by atoms with Crippen LogP contribution in [0.2, 0.25) is 0 Å². The first-order valence-electron chi connectivity index (χ1n) is 8.85. The van der Waals surface area contributed by atoms with Crippen molar-refractivity contribution >= 4 is 11.9 Å². The monoisotopic (exact) mass is 353 g/mol. The fourth-order valence-corrected chi connectivity index (χ4v) is 3.20. The van der Waals surface area contributed by atoms with Crippen molar-refractivity contribution in [2.45, 2.75) is 33.1 Å². The molecule has 0 fully saturated rings. The van der Waals surface area contributed by atoms with Gasteiger partial charge in [-0.2, -0.15) is 0 Å². The molecular weight excluding hydrogens is 330 g/mol. The number of rotatable bonds is 3. The lowest BCUT2D eigenvalue weighted by Crippen LogP contribution is -2.33. The van der Waals surface area contributed by atoms with Gasteiger partial charge < -0.3 is 9.64 Å². The molecule has 3 heterocycles. The number of hydrogen-bond donors (Lipinski definition) is 0. The highest BCUT2D eigenvalue weighted by Gasteiger charge is 2.23. The Kier molecular flexibility index (Phi) is 5.30. The highest BCUT2D eigenvalue weighted by atomic mass is 16.5. The molecule has 0 spiro atoms. The summed E-state index contributed by atoms with van der Waals surface area (Å²) in [4.78, 5) is 35.4. The summed E-state index contributed by atoms with van der Waals surface area (Å²) in [6, 6.07) is 5.59. The number of amides is 1. The Morgan fingerprint density at radius 3 is 2.65 bits per heavy atom. The normalized spacial score (nSPS) is 13.7. The van der Waals surface area contributed by atoms with Crippen LogP contribution < -0.4 is 0 Å². The minimum absolute atomic E-state index is 0.0159. The summed E-state index contributed by atoms with van der Waals surface area (Å²) in [6.45, 7) is 5.03. The molecule has 1 amide bonds. The summed E-state index contributed by atoms with van der Waals surface area (Å²) >= 11 is 0. The summed E-state index contributed by atoms with van der Waals surface area (Å²) in [6.07, 6.45) is 3.83. The van der Waals surface area contributed by atoms with Gasteiger partial charge in [0.25, 0.3) is 5.91 Å². The van der Waals surface area contributed by atoms with Crippen molar-refractivity contribution in [3.8, 4) is 0 Å². The van der Waals surface area contributed by atoms with E-state index in [2.05, 4.69) is 9.97 Å². The Balaban J connectivity index is 1.78. The number of carbonyl (C=O) groups excluding carboxylic acids is 2. The first-order valence-corrected chi connectivity index (χ1v) is 8.85. The molecule has 1 aliphatic rings. The lowest BCUT2D eigenvalue weighted by molar-refractivity contribution is 0.0598. The maximum absolute atomic E-state index is 12.8. The first-order chi connectivity index (χ1) is 12.5. The first kappa shape index (κ1) is 18.0. The number of pyridine rings is 2. The van der Waals surface area contributed by atoms with Gasteiger partial charge in [0.15, 0.2) is 0 Å². The van der Waals surface area contributed by atoms with E-state index in [0.29, 0.717) is 42.8 Å². The van der Waals surface area contributed by atoms with Gasteiger partial charge >= 0.3 is 5.97 Å². The van der Waals surface area contributed by atoms with Crippen molar-refractivity contribution in [2.75, 3.05) is 20.2 Å². The molecule has 0 atom stereocenters. The second-order valence-corrected chi connectivity index (χ2v) is 6.40. The lowest BCUT2D eigenvalue weighted by atomic mass is 10.0. The van der Waals surface area contributed by atoms with E-state index in [-0.39, 0.29) is 11.9 Å². The van der Waals surface area contributed by atoms with Crippen LogP contribution in [0, 0.1) is 6.92 Å². The van der Waals surface area contributed by atoms with Crippen LogP contribution in [0.5, 0.6) is 0 Å². The molecule has 0 radical (unpaired) electrons. The second-order valence-electron chi connectivity index (χ2n) is 6.40. The minimum atomic E-state index is -0.378. The van der Waals surface area contributed by atoms with Crippen LogP contribution in [0.4, 0.5) is 0 Å². The fourth-order valence-electron chi connectivity index (χ4n) is 3.20. The number of aryl methyl sites for hydroxylation is 2. The number of nitrogens with zero attached hydrogens (tertiary/aromatic N) is 3. The molecule has 0 aromatic carbocycles. The van der Waals surface area contributed by atoms with Crippen LogP contribution in [0.15, 0.2) is 24.4 Å². The highest BCUT2D eigenvalue weighted by molar-refractivity contribution is 5.94. The summed E-state index contributed by atoms with van der Waals surface area (Å²) in [5, 5.41) is 0. The number of aromatic nitrogens is 2. The Hall–Kier alpha value is -2.76. The van der Waals surface area contributed by atoms with Gasteiger partial charge in [0, 0.05) is 37.1 Å². The summed E-state index contributed by atoms with van der Waals surface area (Å²) < 4.78 is 4.82. The summed E-state index contributed by atoms with van der Waals surface area (Å²) in [7, 11) is 1.37. The van der Waals surface area contributed by atoms with Crippen molar-refractivity contribution in [3.63, 3.8) is 0 Å². The van der Waals surface area contributed by atoms with Crippen LogP contribution in [0.3, 0.4) is 0 Å². The smallest absolute Gasteiger partial charge is 0.339 e. The number of carbonyl (C=O) groups is 2. The van der Waals surface area contributed by atoms with Crippen LogP contribution in [0.25, 0.3) is 0 Å². The van der Waals surface area contributed by atoms with E-state index in [1.807, 2.05) is 30.0 Å². The van der Waals surface area contributed by atoms with Crippen molar-refractivity contribution in [1.29, 1.82) is 0 Å². The van der Waals surface area contributed by atoms with E-state index in [4.69, 9.17) is 4.74 Å².